The monoisotopic (exact) mass is 447 g/mol. The zero-order valence-corrected chi connectivity index (χ0v) is 19.9. The number of hydrogen-bond donors (Lipinski definition) is 1. The number of fused-ring (bicyclic) bond motifs is 2. The van der Waals surface area contributed by atoms with Crippen molar-refractivity contribution in [3.8, 4) is 0 Å². The summed E-state index contributed by atoms with van der Waals surface area (Å²) in [6, 6.07) is 12.8. The van der Waals surface area contributed by atoms with Crippen LogP contribution in [0.4, 0.5) is 5.69 Å². The van der Waals surface area contributed by atoms with Crippen molar-refractivity contribution in [2.45, 2.75) is 50.4 Å². The van der Waals surface area contributed by atoms with Gasteiger partial charge in [-0.3, -0.25) is 14.8 Å². The van der Waals surface area contributed by atoms with Gasteiger partial charge in [0.15, 0.2) is 0 Å². The van der Waals surface area contributed by atoms with Crippen LogP contribution in [0.3, 0.4) is 0 Å². The first-order valence-electron chi connectivity index (χ1n) is 12.8. The van der Waals surface area contributed by atoms with E-state index in [1.54, 1.807) is 5.56 Å². The molecule has 6 heteroatoms. The molecule has 1 aliphatic carbocycles. The van der Waals surface area contributed by atoms with Crippen LogP contribution in [-0.2, 0) is 24.1 Å². The van der Waals surface area contributed by atoms with Gasteiger partial charge in [0.25, 0.3) is 0 Å². The van der Waals surface area contributed by atoms with E-state index in [9.17, 15) is 0 Å². The second kappa shape index (κ2) is 9.34. The van der Waals surface area contributed by atoms with Gasteiger partial charge in [-0.2, -0.15) is 0 Å². The fraction of sp³-hybridized carbons (Fsp3) is 0.593. The Labute approximate surface area is 197 Å². The molecular weight excluding hydrogens is 410 g/mol. The minimum absolute atomic E-state index is 0.442. The van der Waals surface area contributed by atoms with Gasteiger partial charge in [0.1, 0.15) is 0 Å². The maximum absolute atomic E-state index is 5.41. The molecule has 0 radical (unpaired) electrons. The van der Waals surface area contributed by atoms with Crippen molar-refractivity contribution >= 4 is 5.69 Å². The molecule has 1 aromatic carbocycles. The molecule has 0 amide bonds. The van der Waals surface area contributed by atoms with Gasteiger partial charge in [0.05, 0.1) is 31.0 Å². The third kappa shape index (κ3) is 4.30. The molecule has 0 spiro atoms. The standard InChI is InChI=1S/C27H37N5O/c1-30(26-9-2-5-20-7-4-10-28-27(20)26)17-22-15-24-21(16-29-22)6-3-8-25(24)32-13-11-31(12-14-32)23-18-33-19-23/h3-4,6-8,10,22-23,26,29H,2,5,9,11-19H2,1H3/t22-,26+/m1/s1. The van der Waals surface area contributed by atoms with Crippen molar-refractivity contribution in [1.29, 1.82) is 0 Å². The van der Waals surface area contributed by atoms with Crippen LogP contribution >= 0.6 is 0 Å². The maximum atomic E-state index is 5.41. The zero-order chi connectivity index (χ0) is 22.2. The summed E-state index contributed by atoms with van der Waals surface area (Å²) < 4.78 is 5.41. The lowest BCUT2D eigenvalue weighted by atomic mass is 9.89. The average Bonchev–Trinajstić information content (AvgIpc) is 2.83. The number of anilines is 1. The Bertz CT molecular complexity index is 969. The predicted octanol–water partition coefficient (Wildman–Crippen LogP) is 2.63. The molecule has 3 aliphatic heterocycles. The number of likely N-dealkylation sites (N-methyl/N-ethyl adjacent to an activating group) is 1. The third-order valence-electron chi connectivity index (χ3n) is 8.28. The number of pyridine rings is 1. The second-order valence-corrected chi connectivity index (χ2v) is 10.3. The summed E-state index contributed by atoms with van der Waals surface area (Å²) in [5, 5.41) is 3.83. The summed E-state index contributed by atoms with van der Waals surface area (Å²) in [4.78, 5) is 12.6. The van der Waals surface area contributed by atoms with Crippen molar-refractivity contribution in [3.63, 3.8) is 0 Å². The molecule has 4 heterocycles. The summed E-state index contributed by atoms with van der Waals surface area (Å²) in [6.45, 7) is 8.41. The molecule has 4 aliphatic rings. The van der Waals surface area contributed by atoms with Crippen LogP contribution in [0.5, 0.6) is 0 Å². The largest absolute Gasteiger partial charge is 0.378 e. The maximum Gasteiger partial charge on any atom is 0.0645 e. The van der Waals surface area contributed by atoms with E-state index in [1.165, 1.54) is 41.8 Å². The number of benzene rings is 1. The number of ether oxygens (including phenoxy) is 1. The molecule has 1 aromatic heterocycles. The molecule has 2 fully saturated rings. The number of aryl methyl sites for hydroxylation is 1. The first kappa shape index (κ1) is 21.5. The highest BCUT2D eigenvalue weighted by Crippen LogP contribution is 2.34. The molecule has 176 valence electrons. The van der Waals surface area contributed by atoms with Crippen LogP contribution in [0.2, 0.25) is 0 Å². The second-order valence-electron chi connectivity index (χ2n) is 10.3. The summed E-state index contributed by atoms with van der Waals surface area (Å²) in [5.74, 6) is 0. The van der Waals surface area contributed by atoms with Crippen LogP contribution in [0, 0.1) is 0 Å². The molecule has 0 saturated carbocycles. The van der Waals surface area contributed by atoms with E-state index in [-0.39, 0.29) is 0 Å². The smallest absolute Gasteiger partial charge is 0.0645 e. The highest BCUT2D eigenvalue weighted by atomic mass is 16.5. The summed E-state index contributed by atoms with van der Waals surface area (Å²) in [6.07, 6.45) is 6.72. The van der Waals surface area contributed by atoms with Crippen molar-refractivity contribution in [2.24, 2.45) is 0 Å². The predicted molar refractivity (Wildman–Crippen MR) is 132 cm³/mol. The molecule has 6 rings (SSSR count). The number of rotatable bonds is 5. The van der Waals surface area contributed by atoms with Gasteiger partial charge in [-0.05, 0) is 61.6 Å². The zero-order valence-electron chi connectivity index (χ0n) is 19.9. The summed E-state index contributed by atoms with van der Waals surface area (Å²) in [5.41, 5.74) is 7.26. The Hall–Kier alpha value is -1.99. The van der Waals surface area contributed by atoms with Gasteiger partial charge in [-0.1, -0.05) is 18.2 Å². The first-order chi connectivity index (χ1) is 16.3. The van der Waals surface area contributed by atoms with Crippen molar-refractivity contribution < 1.29 is 4.74 Å². The molecule has 0 unspecified atom stereocenters. The molecular formula is C27H37N5O. The minimum atomic E-state index is 0.442. The Balaban J connectivity index is 1.13. The molecule has 0 bridgehead atoms. The fourth-order valence-electron chi connectivity index (χ4n) is 6.27. The lowest BCUT2D eigenvalue weighted by Gasteiger charge is -2.44. The van der Waals surface area contributed by atoms with E-state index < -0.39 is 0 Å². The topological polar surface area (TPSA) is 43.9 Å². The van der Waals surface area contributed by atoms with Gasteiger partial charge < -0.3 is 15.0 Å². The Kier molecular flexibility index (Phi) is 6.09. The number of nitrogens with zero attached hydrogens (tertiary/aromatic N) is 4. The van der Waals surface area contributed by atoms with E-state index >= 15 is 0 Å². The van der Waals surface area contributed by atoms with Crippen LogP contribution in [-0.4, -0.2) is 79.9 Å². The normalized spacial score (nSPS) is 26.1. The third-order valence-corrected chi connectivity index (χ3v) is 8.28. The van der Waals surface area contributed by atoms with Gasteiger partial charge in [-0.25, -0.2) is 0 Å². The summed E-state index contributed by atoms with van der Waals surface area (Å²) >= 11 is 0. The highest BCUT2D eigenvalue weighted by molar-refractivity contribution is 5.58. The van der Waals surface area contributed by atoms with Crippen molar-refractivity contribution in [1.82, 2.24) is 20.1 Å². The van der Waals surface area contributed by atoms with Crippen LogP contribution in [0.1, 0.15) is 41.3 Å². The molecule has 2 saturated heterocycles. The molecule has 2 atom stereocenters. The molecule has 6 nitrogen and oxygen atoms in total. The van der Waals surface area contributed by atoms with E-state index in [0.717, 1.165) is 58.9 Å². The lowest BCUT2D eigenvalue weighted by Crippen LogP contribution is -2.56. The fourth-order valence-corrected chi connectivity index (χ4v) is 6.27. The molecule has 1 N–H and O–H groups in total. The number of nitrogens with one attached hydrogen (secondary N) is 1. The van der Waals surface area contributed by atoms with Crippen LogP contribution in [0.15, 0.2) is 36.5 Å². The Morgan fingerprint density at radius 3 is 2.76 bits per heavy atom. The van der Waals surface area contributed by atoms with Crippen molar-refractivity contribution in [3.05, 3.63) is 58.9 Å². The quantitative estimate of drug-likeness (QED) is 0.760. The van der Waals surface area contributed by atoms with Gasteiger partial charge in [0, 0.05) is 57.2 Å². The van der Waals surface area contributed by atoms with Crippen LogP contribution < -0.4 is 10.2 Å². The number of hydrogen-bond acceptors (Lipinski definition) is 6. The highest BCUT2D eigenvalue weighted by Gasteiger charge is 2.31. The number of piperazine rings is 1. The van der Waals surface area contributed by atoms with E-state index in [1.807, 2.05) is 6.20 Å². The SMILES string of the molecule is CN(C[C@H]1Cc2c(cccc2N2CCN(C3COC3)CC2)CN1)[C@H]1CCCc2cccnc21. The average molecular weight is 448 g/mol. The van der Waals surface area contributed by atoms with E-state index in [2.05, 4.69) is 57.4 Å². The minimum Gasteiger partial charge on any atom is -0.378 e. The lowest BCUT2D eigenvalue weighted by molar-refractivity contribution is -0.0660. The van der Waals surface area contributed by atoms with Gasteiger partial charge in [0.2, 0.25) is 0 Å². The van der Waals surface area contributed by atoms with E-state index in [4.69, 9.17) is 9.72 Å². The first-order valence-corrected chi connectivity index (χ1v) is 12.8. The number of aromatic nitrogens is 1. The van der Waals surface area contributed by atoms with E-state index in [0.29, 0.717) is 18.1 Å². The Morgan fingerprint density at radius 2 is 1.94 bits per heavy atom. The Morgan fingerprint density at radius 1 is 1.09 bits per heavy atom. The summed E-state index contributed by atoms with van der Waals surface area (Å²) in [7, 11) is 2.29. The molecule has 2 aromatic rings. The van der Waals surface area contributed by atoms with Crippen LogP contribution in [0.25, 0.3) is 0 Å². The van der Waals surface area contributed by atoms with Crippen molar-refractivity contribution in [2.75, 3.05) is 57.9 Å². The van der Waals surface area contributed by atoms with Gasteiger partial charge >= 0.3 is 0 Å². The molecule has 33 heavy (non-hydrogen) atoms. The van der Waals surface area contributed by atoms with Gasteiger partial charge in [-0.15, -0.1) is 0 Å².